The SMILES string of the molecule is COc1ccc(CCSC(C)C(=O)Nc2cc(C)on2)cc1. The highest BCUT2D eigenvalue weighted by molar-refractivity contribution is 8.00. The van der Waals surface area contributed by atoms with Crippen LogP contribution in [0.5, 0.6) is 5.75 Å². The summed E-state index contributed by atoms with van der Waals surface area (Å²) in [4.78, 5) is 12.0. The van der Waals surface area contributed by atoms with Crippen molar-refractivity contribution < 1.29 is 14.1 Å². The summed E-state index contributed by atoms with van der Waals surface area (Å²) >= 11 is 1.61. The first kappa shape index (κ1) is 16.4. The van der Waals surface area contributed by atoms with Gasteiger partial charge in [0.15, 0.2) is 5.82 Å². The molecule has 2 rings (SSSR count). The molecular weight excluding hydrogens is 300 g/mol. The van der Waals surface area contributed by atoms with Gasteiger partial charge in [-0.1, -0.05) is 17.3 Å². The summed E-state index contributed by atoms with van der Waals surface area (Å²) in [7, 11) is 1.65. The van der Waals surface area contributed by atoms with Crippen LogP contribution in [0.3, 0.4) is 0 Å². The lowest BCUT2D eigenvalue weighted by Crippen LogP contribution is -2.23. The first-order valence-corrected chi connectivity index (χ1v) is 8.12. The number of nitrogens with one attached hydrogen (secondary N) is 1. The van der Waals surface area contributed by atoms with E-state index in [0.29, 0.717) is 11.6 Å². The molecule has 2 aromatic rings. The maximum absolute atomic E-state index is 12.0. The number of carbonyl (C=O) groups excluding carboxylic acids is 1. The Bertz CT molecular complexity index is 610. The van der Waals surface area contributed by atoms with Gasteiger partial charge in [0.1, 0.15) is 11.5 Å². The molecule has 0 aliphatic heterocycles. The fourth-order valence-electron chi connectivity index (χ4n) is 1.87. The summed E-state index contributed by atoms with van der Waals surface area (Å²) in [6, 6.07) is 9.68. The van der Waals surface area contributed by atoms with Gasteiger partial charge in [0.2, 0.25) is 5.91 Å². The van der Waals surface area contributed by atoms with Crippen molar-refractivity contribution >= 4 is 23.5 Å². The minimum absolute atomic E-state index is 0.0620. The molecule has 1 unspecified atom stereocenters. The Morgan fingerprint density at radius 2 is 2.14 bits per heavy atom. The molecule has 0 radical (unpaired) electrons. The molecule has 1 aromatic heterocycles. The van der Waals surface area contributed by atoms with Crippen molar-refractivity contribution in [3.8, 4) is 5.75 Å². The molecule has 0 bridgehead atoms. The van der Waals surface area contributed by atoms with Gasteiger partial charge < -0.3 is 14.6 Å². The second-order valence-corrected chi connectivity index (χ2v) is 6.37. The van der Waals surface area contributed by atoms with E-state index in [1.165, 1.54) is 5.56 Å². The molecular formula is C16H20N2O3S. The molecule has 118 valence electrons. The van der Waals surface area contributed by atoms with E-state index in [1.54, 1.807) is 31.9 Å². The van der Waals surface area contributed by atoms with Gasteiger partial charge in [0.05, 0.1) is 12.4 Å². The van der Waals surface area contributed by atoms with E-state index in [0.717, 1.165) is 17.9 Å². The Hall–Kier alpha value is -1.95. The summed E-state index contributed by atoms with van der Waals surface area (Å²) in [6.45, 7) is 3.68. The molecule has 6 heteroatoms. The van der Waals surface area contributed by atoms with Crippen LogP contribution in [0.15, 0.2) is 34.9 Å². The van der Waals surface area contributed by atoms with Crippen molar-refractivity contribution in [2.75, 3.05) is 18.2 Å². The van der Waals surface area contributed by atoms with Crippen LogP contribution in [0.1, 0.15) is 18.2 Å². The van der Waals surface area contributed by atoms with Crippen molar-refractivity contribution in [3.63, 3.8) is 0 Å². The summed E-state index contributed by atoms with van der Waals surface area (Å²) in [5.74, 6) is 2.80. The average molecular weight is 320 g/mol. The van der Waals surface area contributed by atoms with E-state index in [9.17, 15) is 4.79 Å². The Kier molecular flexibility index (Phi) is 5.89. The predicted molar refractivity (Wildman–Crippen MR) is 88.5 cm³/mol. The molecule has 1 atom stereocenters. The van der Waals surface area contributed by atoms with E-state index in [4.69, 9.17) is 9.26 Å². The number of nitrogens with zero attached hydrogens (tertiary/aromatic N) is 1. The fourth-order valence-corrected chi connectivity index (χ4v) is 2.79. The van der Waals surface area contributed by atoms with Gasteiger partial charge in [0.25, 0.3) is 0 Å². The predicted octanol–water partition coefficient (Wildman–Crippen LogP) is 3.29. The van der Waals surface area contributed by atoms with Gasteiger partial charge in [-0.15, -0.1) is 11.8 Å². The maximum atomic E-state index is 12.0. The summed E-state index contributed by atoms with van der Waals surface area (Å²) in [6.07, 6.45) is 0.912. The summed E-state index contributed by atoms with van der Waals surface area (Å²) < 4.78 is 10.1. The van der Waals surface area contributed by atoms with Crippen LogP contribution in [-0.4, -0.2) is 29.2 Å². The Morgan fingerprint density at radius 1 is 1.41 bits per heavy atom. The third-order valence-electron chi connectivity index (χ3n) is 3.17. The van der Waals surface area contributed by atoms with E-state index < -0.39 is 0 Å². The number of ether oxygens (including phenoxy) is 1. The monoisotopic (exact) mass is 320 g/mol. The van der Waals surface area contributed by atoms with Crippen LogP contribution in [0.25, 0.3) is 0 Å². The molecule has 0 saturated carbocycles. The van der Waals surface area contributed by atoms with E-state index in [-0.39, 0.29) is 11.2 Å². The molecule has 0 fully saturated rings. The lowest BCUT2D eigenvalue weighted by Gasteiger charge is -2.10. The number of amides is 1. The number of anilines is 1. The molecule has 0 aliphatic carbocycles. The van der Waals surface area contributed by atoms with Crippen LogP contribution in [0, 0.1) is 6.92 Å². The second-order valence-electron chi connectivity index (χ2n) is 4.92. The lowest BCUT2D eigenvalue weighted by atomic mass is 10.2. The first-order chi connectivity index (χ1) is 10.6. The quantitative estimate of drug-likeness (QED) is 0.848. The number of benzene rings is 1. The molecule has 22 heavy (non-hydrogen) atoms. The zero-order valence-corrected chi connectivity index (χ0v) is 13.8. The first-order valence-electron chi connectivity index (χ1n) is 7.07. The van der Waals surface area contributed by atoms with Crippen molar-refractivity contribution in [1.29, 1.82) is 0 Å². The highest BCUT2D eigenvalue weighted by Gasteiger charge is 2.14. The zero-order chi connectivity index (χ0) is 15.9. The largest absolute Gasteiger partial charge is 0.497 e. The third kappa shape index (κ3) is 4.80. The highest BCUT2D eigenvalue weighted by Crippen LogP contribution is 2.17. The number of aryl methyl sites for hydroxylation is 2. The van der Waals surface area contributed by atoms with Gasteiger partial charge in [-0.25, -0.2) is 0 Å². The smallest absolute Gasteiger partial charge is 0.238 e. The van der Waals surface area contributed by atoms with E-state index >= 15 is 0 Å². The van der Waals surface area contributed by atoms with Gasteiger partial charge >= 0.3 is 0 Å². The molecule has 1 N–H and O–H groups in total. The van der Waals surface area contributed by atoms with Crippen molar-refractivity contribution in [2.24, 2.45) is 0 Å². The lowest BCUT2D eigenvalue weighted by molar-refractivity contribution is -0.115. The molecule has 0 spiro atoms. The number of methoxy groups -OCH3 is 1. The summed E-state index contributed by atoms with van der Waals surface area (Å²) in [5, 5.41) is 6.36. The highest BCUT2D eigenvalue weighted by atomic mass is 32.2. The number of carbonyl (C=O) groups is 1. The minimum Gasteiger partial charge on any atom is -0.497 e. The Labute approximate surface area is 134 Å². The van der Waals surface area contributed by atoms with Crippen LogP contribution >= 0.6 is 11.8 Å². The average Bonchev–Trinajstić information content (AvgIpc) is 2.93. The molecule has 1 heterocycles. The minimum atomic E-state index is -0.143. The standard InChI is InChI=1S/C16H20N2O3S/c1-11-10-15(18-21-11)17-16(19)12(2)22-9-8-13-4-6-14(20-3)7-5-13/h4-7,10,12H,8-9H2,1-3H3,(H,17,18,19). The Morgan fingerprint density at radius 3 is 2.73 bits per heavy atom. The second kappa shape index (κ2) is 7.89. The van der Waals surface area contributed by atoms with Crippen molar-refractivity contribution in [3.05, 3.63) is 41.7 Å². The van der Waals surface area contributed by atoms with Gasteiger partial charge in [-0.05, 0) is 43.7 Å². The topological polar surface area (TPSA) is 64.4 Å². The van der Waals surface area contributed by atoms with Crippen LogP contribution < -0.4 is 10.1 Å². The van der Waals surface area contributed by atoms with Gasteiger partial charge in [-0.2, -0.15) is 0 Å². The van der Waals surface area contributed by atoms with Crippen molar-refractivity contribution in [1.82, 2.24) is 5.16 Å². The van der Waals surface area contributed by atoms with Crippen LogP contribution in [0.4, 0.5) is 5.82 Å². The van der Waals surface area contributed by atoms with Gasteiger partial charge in [-0.3, -0.25) is 4.79 Å². The van der Waals surface area contributed by atoms with Crippen LogP contribution in [0.2, 0.25) is 0 Å². The maximum Gasteiger partial charge on any atom is 0.238 e. The number of hydrogen-bond acceptors (Lipinski definition) is 5. The molecule has 0 saturated heterocycles. The molecule has 5 nitrogen and oxygen atoms in total. The molecule has 0 aliphatic rings. The zero-order valence-electron chi connectivity index (χ0n) is 13.0. The summed E-state index contributed by atoms with van der Waals surface area (Å²) in [5.41, 5.74) is 1.23. The van der Waals surface area contributed by atoms with Crippen LogP contribution in [-0.2, 0) is 11.2 Å². The number of aromatic nitrogens is 1. The molecule has 1 aromatic carbocycles. The van der Waals surface area contributed by atoms with Crippen molar-refractivity contribution in [2.45, 2.75) is 25.5 Å². The number of hydrogen-bond donors (Lipinski definition) is 1. The normalized spacial score (nSPS) is 12.0. The van der Waals surface area contributed by atoms with E-state index in [1.807, 2.05) is 31.2 Å². The third-order valence-corrected chi connectivity index (χ3v) is 4.32. The Balaban J connectivity index is 1.74. The number of rotatable bonds is 7. The van der Waals surface area contributed by atoms with E-state index in [2.05, 4.69) is 10.5 Å². The number of thioether (sulfide) groups is 1. The molecule has 1 amide bonds. The fraction of sp³-hybridized carbons (Fsp3) is 0.375. The van der Waals surface area contributed by atoms with Gasteiger partial charge in [0, 0.05) is 6.07 Å².